The van der Waals surface area contributed by atoms with Crippen LogP contribution in [0.5, 0.6) is 0 Å². The van der Waals surface area contributed by atoms with Gasteiger partial charge in [-0.25, -0.2) is 0 Å². The largest absolute Gasteiger partial charge is 0.286 e. The maximum atomic E-state index is 11.1. The van der Waals surface area contributed by atoms with Crippen molar-refractivity contribution in [3.05, 3.63) is 59.2 Å². The molecule has 0 aliphatic heterocycles. The second kappa shape index (κ2) is 4.72. The number of hydrogen-bond donors (Lipinski definition) is 1. The SMILES string of the molecule is CC(CS(=O)(=O)O)c1cccc2c1Cc1ccccc1-2. The van der Waals surface area contributed by atoms with Gasteiger partial charge in [-0.05, 0) is 40.2 Å². The van der Waals surface area contributed by atoms with Crippen LogP contribution in [0.15, 0.2) is 42.5 Å². The van der Waals surface area contributed by atoms with Crippen LogP contribution in [0.4, 0.5) is 0 Å². The van der Waals surface area contributed by atoms with Gasteiger partial charge in [-0.3, -0.25) is 4.55 Å². The Morgan fingerprint density at radius 3 is 2.55 bits per heavy atom. The van der Waals surface area contributed by atoms with E-state index >= 15 is 0 Å². The fourth-order valence-electron chi connectivity index (χ4n) is 3.05. The molecule has 0 aromatic heterocycles. The van der Waals surface area contributed by atoms with Crippen molar-refractivity contribution in [3.63, 3.8) is 0 Å². The van der Waals surface area contributed by atoms with Crippen molar-refractivity contribution in [1.82, 2.24) is 0 Å². The van der Waals surface area contributed by atoms with Gasteiger partial charge in [0.25, 0.3) is 10.1 Å². The zero-order chi connectivity index (χ0) is 14.3. The van der Waals surface area contributed by atoms with Crippen molar-refractivity contribution in [2.24, 2.45) is 0 Å². The molecule has 0 bridgehead atoms. The van der Waals surface area contributed by atoms with Gasteiger partial charge in [0.1, 0.15) is 0 Å². The van der Waals surface area contributed by atoms with E-state index in [1.807, 2.05) is 31.2 Å². The fourth-order valence-corrected chi connectivity index (χ4v) is 3.86. The zero-order valence-corrected chi connectivity index (χ0v) is 12.0. The van der Waals surface area contributed by atoms with E-state index in [1.54, 1.807) is 0 Å². The molecule has 20 heavy (non-hydrogen) atoms. The van der Waals surface area contributed by atoms with Gasteiger partial charge in [0.05, 0.1) is 5.75 Å². The lowest BCUT2D eigenvalue weighted by atomic mass is 9.93. The molecule has 4 heteroatoms. The van der Waals surface area contributed by atoms with E-state index in [-0.39, 0.29) is 11.7 Å². The van der Waals surface area contributed by atoms with Gasteiger partial charge in [-0.1, -0.05) is 49.4 Å². The summed E-state index contributed by atoms with van der Waals surface area (Å²) in [6.07, 6.45) is 0.831. The molecule has 0 spiro atoms. The lowest BCUT2D eigenvalue weighted by Crippen LogP contribution is -2.12. The van der Waals surface area contributed by atoms with Gasteiger partial charge in [0.15, 0.2) is 0 Å². The van der Waals surface area contributed by atoms with Crippen LogP contribution in [0.1, 0.15) is 29.5 Å². The van der Waals surface area contributed by atoms with E-state index < -0.39 is 10.1 Å². The van der Waals surface area contributed by atoms with Crippen molar-refractivity contribution in [2.75, 3.05) is 5.75 Å². The topological polar surface area (TPSA) is 54.4 Å². The third-order valence-corrected chi connectivity index (χ3v) is 4.80. The van der Waals surface area contributed by atoms with Gasteiger partial charge >= 0.3 is 0 Å². The highest BCUT2D eigenvalue weighted by Crippen LogP contribution is 2.40. The number of rotatable bonds is 3. The molecule has 0 saturated carbocycles. The van der Waals surface area contributed by atoms with Gasteiger partial charge in [-0.2, -0.15) is 8.42 Å². The molecule has 1 atom stereocenters. The minimum absolute atomic E-state index is 0.214. The lowest BCUT2D eigenvalue weighted by molar-refractivity contribution is 0.479. The van der Waals surface area contributed by atoms with E-state index in [2.05, 4.69) is 18.2 Å². The molecular formula is C16H16O3S. The smallest absolute Gasteiger partial charge is 0.265 e. The summed E-state index contributed by atoms with van der Waals surface area (Å²) in [5, 5.41) is 0. The van der Waals surface area contributed by atoms with E-state index in [0.717, 1.165) is 12.0 Å². The minimum atomic E-state index is -3.96. The van der Waals surface area contributed by atoms with Crippen molar-refractivity contribution in [3.8, 4) is 11.1 Å². The first kappa shape index (κ1) is 13.3. The van der Waals surface area contributed by atoms with Crippen LogP contribution >= 0.6 is 0 Å². The number of hydrogen-bond acceptors (Lipinski definition) is 2. The van der Waals surface area contributed by atoms with Crippen LogP contribution in [-0.2, 0) is 16.5 Å². The Labute approximate surface area is 119 Å². The molecule has 0 radical (unpaired) electrons. The molecule has 0 amide bonds. The molecule has 0 saturated heterocycles. The van der Waals surface area contributed by atoms with E-state index in [0.29, 0.717) is 0 Å². The van der Waals surface area contributed by atoms with Crippen molar-refractivity contribution >= 4 is 10.1 Å². The molecule has 1 aliphatic carbocycles. The van der Waals surface area contributed by atoms with Crippen LogP contribution < -0.4 is 0 Å². The third kappa shape index (κ3) is 2.37. The highest BCUT2D eigenvalue weighted by Gasteiger charge is 2.24. The summed E-state index contributed by atoms with van der Waals surface area (Å²) >= 11 is 0. The molecule has 2 aromatic rings. The predicted octanol–water partition coefficient (Wildman–Crippen LogP) is 3.25. The Morgan fingerprint density at radius 2 is 1.80 bits per heavy atom. The average Bonchev–Trinajstić information content (AvgIpc) is 2.75. The predicted molar refractivity (Wildman–Crippen MR) is 79.5 cm³/mol. The summed E-state index contributed by atoms with van der Waals surface area (Å²) in [4.78, 5) is 0. The maximum absolute atomic E-state index is 11.1. The zero-order valence-electron chi connectivity index (χ0n) is 11.2. The Morgan fingerprint density at radius 1 is 1.10 bits per heavy atom. The summed E-state index contributed by atoms with van der Waals surface area (Å²) < 4.78 is 31.2. The van der Waals surface area contributed by atoms with Crippen LogP contribution in [0, 0.1) is 0 Å². The molecule has 2 aromatic carbocycles. The summed E-state index contributed by atoms with van der Waals surface area (Å²) in [6.45, 7) is 1.84. The molecular weight excluding hydrogens is 272 g/mol. The van der Waals surface area contributed by atoms with Gasteiger partial charge in [0.2, 0.25) is 0 Å². The molecule has 1 N–H and O–H groups in total. The molecule has 3 rings (SSSR count). The highest BCUT2D eigenvalue weighted by molar-refractivity contribution is 7.85. The molecule has 0 fully saturated rings. The maximum Gasteiger partial charge on any atom is 0.265 e. The number of fused-ring (bicyclic) bond motifs is 3. The Hall–Kier alpha value is -1.65. The summed E-state index contributed by atoms with van der Waals surface area (Å²) in [5.41, 5.74) is 5.87. The van der Waals surface area contributed by atoms with E-state index in [4.69, 9.17) is 4.55 Å². The first-order chi connectivity index (χ1) is 9.46. The normalized spacial score (nSPS) is 14.7. The first-order valence-corrected chi connectivity index (χ1v) is 8.22. The van der Waals surface area contributed by atoms with E-state index in [9.17, 15) is 8.42 Å². The fraction of sp³-hybridized carbons (Fsp3) is 0.250. The number of benzene rings is 2. The summed E-state index contributed by atoms with van der Waals surface area (Å²) in [7, 11) is -3.96. The Bertz CT molecular complexity index is 763. The first-order valence-electron chi connectivity index (χ1n) is 6.61. The molecule has 104 valence electrons. The summed E-state index contributed by atoms with van der Waals surface area (Å²) in [6, 6.07) is 14.2. The van der Waals surface area contributed by atoms with Gasteiger partial charge in [-0.15, -0.1) is 0 Å². The highest BCUT2D eigenvalue weighted by atomic mass is 32.2. The molecule has 1 unspecified atom stereocenters. The van der Waals surface area contributed by atoms with Crippen molar-refractivity contribution in [2.45, 2.75) is 19.3 Å². The third-order valence-electron chi connectivity index (χ3n) is 3.88. The quantitative estimate of drug-likeness (QED) is 0.753. The van der Waals surface area contributed by atoms with Crippen LogP contribution in [0.25, 0.3) is 11.1 Å². The lowest BCUT2D eigenvalue weighted by Gasteiger charge is -2.14. The monoisotopic (exact) mass is 288 g/mol. The van der Waals surface area contributed by atoms with E-state index in [1.165, 1.54) is 22.3 Å². The van der Waals surface area contributed by atoms with Crippen molar-refractivity contribution < 1.29 is 13.0 Å². The van der Waals surface area contributed by atoms with Crippen LogP contribution in [0.3, 0.4) is 0 Å². The molecule has 3 nitrogen and oxygen atoms in total. The second-order valence-corrected chi connectivity index (χ2v) is 6.85. The van der Waals surface area contributed by atoms with Gasteiger partial charge < -0.3 is 0 Å². The second-order valence-electron chi connectivity index (χ2n) is 5.36. The Balaban J connectivity index is 2.05. The summed E-state index contributed by atoms with van der Waals surface area (Å²) in [5.74, 6) is -0.450. The minimum Gasteiger partial charge on any atom is -0.286 e. The average molecular weight is 288 g/mol. The molecule has 0 heterocycles. The molecule has 1 aliphatic rings. The van der Waals surface area contributed by atoms with Crippen molar-refractivity contribution in [1.29, 1.82) is 0 Å². The Kier molecular flexibility index (Phi) is 3.15. The van der Waals surface area contributed by atoms with Crippen LogP contribution in [0.2, 0.25) is 0 Å². The van der Waals surface area contributed by atoms with Crippen LogP contribution in [-0.4, -0.2) is 18.7 Å². The standard InChI is InChI=1S/C16H16O3S/c1-11(10-20(17,18)19)13-7-4-8-15-14-6-3-2-5-12(14)9-16(13)15/h2-8,11H,9-10H2,1H3,(H,17,18,19). The van der Waals surface area contributed by atoms with Gasteiger partial charge in [0, 0.05) is 0 Å².